The molecule has 3 aromatic carbocycles. The molecule has 2 aliphatic heterocycles. The highest BCUT2D eigenvalue weighted by atomic mass is 16.5. The van der Waals surface area contributed by atoms with Crippen LogP contribution in [0.25, 0.3) is 0 Å². The van der Waals surface area contributed by atoms with Crippen LogP contribution in [0, 0.1) is 0 Å². The average Bonchev–Trinajstić information content (AvgIpc) is 3.25. The predicted octanol–water partition coefficient (Wildman–Crippen LogP) is 4.28. The van der Waals surface area contributed by atoms with Crippen molar-refractivity contribution in [2.24, 2.45) is 0 Å². The number of para-hydroxylation sites is 2. The van der Waals surface area contributed by atoms with Crippen LogP contribution in [-0.2, 0) is 11.2 Å². The molecule has 158 valence electrons. The molecule has 1 unspecified atom stereocenters. The smallest absolute Gasteiger partial charge is 0.232 e. The maximum Gasteiger partial charge on any atom is 0.232 e. The zero-order valence-corrected chi connectivity index (χ0v) is 17.8. The van der Waals surface area contributed by atoms with Gasteiger partial charge in [-0.1, -0.05) is 48.5 Å². The van der Waals surface area contributed by atoms with E-state index in [1.165, 1.54) is 11.1 Å². The molecule has 2 aliphatic rings. The summed E-state index contributed by atoms with van der Waals surface area (Å²) in [6.45, 7) is 1.26. The Morgan fingerprint density at radius 2 is 1.68 bits per heavy atom. The van der Waals surface area contributed by atoms with E-state index in [1.807, 2.05) is 68.7 Å². The van der Waals surface area contributed by atoms with Crippen LogP contribution in [0.4, 0.5) is 0 Å². The number of benzene rings is 3. The van der Waals surface area contributed by atoms with Gasteiger partial charge in [0.15, 0.2) is 0 Å². The summed E-state index contributed by atoms with van der Waals surface area (Å²) in [7, 11) is 4.08. The first-order valence-electron chi connectivity index (χ1n) is 10.7. The van der Waals surface area contributed by atoms with Gasteiger partial charge in [-0.25, -0.2) is 0 Å². The van der Waals surface area contributed by atoms with Gasteiger partial charge in [-0.2, -0.15) is 0 Å². The molecule has 5 nitrogen and oxygen atoms in total. The van der Waals surface area contributed by atoms with Crippen LogP contribution in [0.3, 0.4) is 0 Å². The maximum atomic E-state index is 13.5. The van der Waals surface area contributed by atoms with Crippen molar-refractivity contribution in [3.05, 3.63) is 89.0 Å². The Morgan fingerprint density at radius 1 is 1.00 bits per heavy atom. The monoisotopic (exact) mass is 414 g/mol. The Bertz CT molecular complexity index is 1080. The molecule has 0 aliphatic carbocycles. The van der Waals surface area contributed by atoms with Crippen molar-refractivity contribution in [3.8, 4) is 17.2 Å². The van der Waals surface area contributed by atoms with Crippen LogP contribution >= 0.6 is 0 Å². The fourth-order valence-corrected chi connectivity index (χ4v) is 4.50. The number of nitrogens with one attached hydrogen (secondary N) is 1. The number of amides is 1. The van der Waals surface area contributed by atoms with Gasteiger partial charge in [-0.15, -0.1) is 0 Å². The quantitative estimate of drug-likeness (QED) is 0.677. The molecule has 0 fully saturated rings. The van der Waals surface area contributed by atoms with Gasteiger partial charge in [0.2, 0.25) is 5.91 Å². The lowest BCUT2D eigenvalue weighted by Crippen LogP contribution is -2.38. The number of rotatable bonds is 5. The normalized spacial score (nSPS) is 15.3. The van der Waals surface area contributed by atoms with Gasteiger partial charge in [0, 0.05) is 24.1 Å². The van der Waals surface area contributed by atoms with E-state index < -0.39 is 5.92 Å². The molecule has 0 radical (unpaired) electrons. The number of hydrogen-bond donors (Lipinski definition) is 1. The molecule has 31 heavy (non-hydrogen) atoms. The minimum atomic E-state index is -0.391. The molecule has 0 spiro atoms. The minimum absolute atomic E-state index is 0.0143. The summed E-state index contributed by atoms with van der Waals surface area (Å²) in [4.78, 5) is 15.6. The highest BCUT2D eigenvalue weighted by Crippen LogP contribution is 2.44. The van der Waals surface area contributed by atoms with E-state index in [0.717, 1.165) is 41.4 Å². The van der Waals surface area contributed by atoms with Crippen LogP contribution in [0.1, 0.15) is 34.2 Å². The first-order valence-corrected chi connectivity index (χ1v) is 10.7. The van der Waals surface area contributed by atoms with Crippen LogP contribution in [-0.4, -0.2) is 38.1 Å². The van der Waals surface area contributed by atoms with Gasteiger partial charge in [0.1, 0.15) is 17.2 Å². The second kappa shape index (κ2) is 8.08. The number of fused-ring (bicyclic) bond motifs is 3. The number of nitrogens with zero attached hydrogens (tertiary/aromatic N) is 1. The van der Waals surface area contributed by atoms with Gasteiger partial charge < -0.3 is 19.7 Å². The van der Waals surface area contributed by atoms with Gasteiger partial charge >= 0.3 is 0 Å². The third-order valence-electron chi connectivity index (χ3n) is 6.13. The fraction of sp³-hybridized carbons (Fsp3) is 0.269. The SMILES string of the molecule is CN(C)C(CNC(=O)C1c2ccccc2Oc2ccccc21)c1ccc2c(c1)CCO2. The number of likely N-dealkylation sites (N-methyl/N-ethyl adjacent to an activating group) is 1. The van der Waals surface area contributed by atoms with E-state index in [4.69, 9.17) is 9.47 Å². The largest absolute Gasteiger partial charge is 0.493 e. The summed E-state index contributed by atoms with van der Waals surface area (Å²) in [6, 6.07) is 22.0. The van der Waals surface area contributed by atoms with Crippen molar-refractivity contribution >= 4 is 5.91 Å². The van der Waals surface area contributed by atoms with Gasteiger partial charge in [-0.05, 0) is 43.4 Å². The molecule has 0 aromatic heterocycles. The Hall–Kier alpha value is -3.31. The fourth-order valence-electron chi connectivity index (χ4n) is 4.50. The molecule has 0 bridgehead atoms. The maximum absolute atomic E-state index is 13.5. The number of carbonyl (C=O) groups excluding carboxylic acids is 1. The van der Waals surface area contributed by atoms with Crippen molar-refractivity contribution in [2.75, 3.05) is 27.2 Å². The summed E-state index contributed by atoms with van der Waals surface area (Å²) >= 11 is 0. The highest BCUT2D eigenvalue weighted by Gasteiger charge is 2.32. The zero-order chi connectivity index (χ0) is 21.4. The van der Waals surface area contributed by atoms with Gasteiger partial charge in [-0.3, -0.25) is 4.79 Å². The number of hydrogen-bond acceptors (Lipinski definition) is 4. The molecule has 0 saturated carbocycles. The van der Waals surface area contributed by atoms with E-state index in [-0.39, 0.29) is 11.9 Å². The number of carbonyl (C=O) groups is 1. The van der Waals surface area contributed by atoms with Crippen LogP contribution in [0.5, 0.6) is 17.2 Å². The average molecular weight is 415 g/mol. The highest BCUT2D eigenvalue weighted by molar-refractivity contribution is 5.89. The van der Waals surface area contributed by atoms with E-state index in [9.17, 15) is 4.79 Å². The second-order valence-corrected chi connectivity index (χ2v) is 8.30. The Kier molecular flexibility index (Phi) is 5.12. The molecule has 1 amide bonds. The molecule has 3 aromatic rings. The molecule has 2 heterocycles. The zero-order valence-electron chi connectivity index (χ0n) is 17.8. The molecule has 0 saturated heterocycles. The van der Waals surface area contributed by atoms with Gasteiger partial charge in [0.25, 0.3) is 0 Å². The lowest BCUT2D eigenvalue weighted by atomic mass is 9.87. The first-order chi connectivity index (χ1) is 15.1. The lowest BCUT2D eigenvalue weighted by Gasteiger charge is -2.29. The summed E-state index contributed by atoms with van der Waals surface area (Å²) in [5.41, 5.74) is 4.22. The van der Waals surface area contributed by atoms with E-state index in [1.54, 1.807) is 0 Å². The number of ether oxygens (including phenoxy) is 2. The second-order valence-electron chi connectivity index (χ2n) is 8.30. The first kappa shape index (κ1) is 19.6. The minimum Gasteiger partial charge on any atom is -0.493 e. The van der Waals surface area contributed by atoms with Crippen LogP contribution < -0.4 is 14.8 Å². The predicted molar refractivity (Wildman–Crippen MR) is 120 cm³/mol. The van der Waals surface area contributed by atoms with Crippen molar-refractivity contribution < 1.29 is 14.3 Å². The van der Waals surface area contributed by atoms with Crippen molar-refractivity contribution in [1.29, 1.82) is 0 Å². The lowest BCUT2D eigenvalue weighted by molar-refractivity contribution is -0.122. The summed E-state index contributed by atoms with van der Waals surface area (Å²) in [6.07, 6.45) is 0.936. The van der Waals surface area contributed by atoms with E-state index >= 15 is 0 Å². The van der Waals surface area contributed by atoms with Gasteiger partial charge in [0.05, 0.1) is 18.6 Å². The summed E-state index contributed by atoms with van der Waals surface area (Å²) in [5.74, 6) is 2.05. The van der Waals surface area contributed by atoms with Crippen LogP contribution in [0.2, 0.25) is 0 Å². The van der Waals surface area contributed by atoms with Crippen LogP contribution in [0.15, 0.2) is 66.7 Å². The van der Waals surface area contributed by atoms with Crippen molar-refractivity contribution in [2.45, 2.75) is 18.4 Å². The molecular formula is C26H26N2O3. The standard InChI is InChI=1S/C26H26N2O3/c1-28(2)21(17-11-12-22-18(15-17)13-14-30-22)16-27-26(29)25-19-7-3-5-9-23(19)31-24-10-6-4-8-20(24)25/h3-12,15,21,25H,13-14,16H2,1-2H3,(H,27,29). The van der Waals surface area contributed by atoms with Crippen molar-refractivity contribution in [1.82, 2.24) is 10.2 Å². The third-order valence-corrected chi connectivity index (χ3v) is 6.13. The molecule has 1 N–H and O–H groups in total. The van der Waals surface area contributed by atoms with Crippen molar-refractivity contribution in [3.63, 3.8) is 0 Å². The molecule has 5 rings (SSSR count). The summed E-state index contributed by atoms with van der Waals surface area (Å²) < 4.78 is 11.7. The Morgan fingerprint density at radius 3 is 2.35 bits per heavy atom. The van der Waals surface area contributed by atoms with E-state index in [2.05, 4.69) is 22.3 Å². The Labute approximate surface area is 182 Å². The topological polar surface area (TPSA) is 50.8 Å². The third kappa shape index (κ3) is 3.66. The molecule has 1 atom stereocenters. The summed E-state index contributed by atoms with van der Waals surface area (Å²) in [5, 5.41) is 3.21. The van der Waals surface area contributed by atoms with E-state index in [0.29, 0.717) is 6.54 Å². The molecular weight excluding hydrogens is 388 g/mol. The Balaban J connectivity index is 1.40. The molecule has 5 heteroatoms.